The number of rotatable bonds is 5. The zero-order valence-corrected chi connectivity index (χ0v) is 12.4. The summed E-state index contributed by atoms with van der Waals surface area (Å²) in [5.41, 5.74) is 6.94. The Kier molecular flexibility index (Phi) is 4.17. The Morgan fingerprint density at radius 3 is 2.80 bits per heavy atom. The van der Waals surface area contributed by atoms with Crippen LogP contribution in [-0.4, -0.2) is 23.4 Å². The summed E-state index contributed by atoms with van der Waals surface area (Å²) in [5, 5.41) is 0. The topological polar surface area (TPSA) is 101 Å². The lowest BCUT2D eigenvalue weighted by Gasteiger charge is -2.09. The van der Waals surface area contributed by atoms with Crippen LogP contribution in [0.2, 0.25) is 0 Å². The third kappa shape index (κ3) is 3.21. The smallest absolute Gasteiger partial charge is 0.240 e. The molecule has 0 amide bonds. The molecule has 0 spiro atoms. The van der Waals surface area contributed by atoms with E-state index < -0.39 is 10.0 Å². The molecule has 2 aromatic rings. The van der Waals surface area contributed by atoms with Gasteiger partial charge in [-0.25, -0.2) is 18.1 Å². The first-order chi connectivity index (χ1) is 9.40. The van der Waals surface area contributed by atoms with Gasteiger partial charge in [0.05, 0.1) is 11.4 Å². The maximum absolute atomic E-state index is 12.1. The predicted molar refractivity (Wildman–Crippen MR) is 79.7 cm³/mol. The van der Waals surface area contributed by atoms with E-state index in [0.29, 0.717) is 11.4 Å². The van der Waals surface area contributed by atoms with Gasteiger partial charge >= 0.3 is 0 Å². The maximum Gasteiger partial charge on any atom is 0.240 e. The molecular weight excluding hydrogens is 296 g/mol. The van der Waals surface area contributed by atoms with Crippen molar-refractivity contribution in [3.8, 4) is 0 Å². The first-order valence-electron chi connectivity index (χ1n) is 5.78. The maximum atomic E-state index is 12.1. The zero-order chi connectivity index (χ0) is 14.8. The van der Waals surface area contributed by atoms with Gasteiger partial charge in [-0.1, -0.05) is 18.3 Å². The number of H-pyrrole nitrogens is 1. The highest BCUT2D eigenvalue weighted by Gasteiger charge is 2.15. The van der Waals surface area contributed by atoms with Crippen molar-refractivity contribution in [2.75, 3.05) is 0 Å². The molecule has 2 rings (SSSR count). The van der Waals surface area contributed by atoms with Crippen LogP contribution in [0.4, 0.5) is 0 Å². The van der Waals surface area contributed by atoms with Crippen LogP contribution in [0.5, 0.6) is 0 Å². The molecule has 8 heteroatoms. The SMILES string of the molecule is Cc1cc(S(=O)(=O)NCc2ncc[nH]2)ccc1C(N)=S. The summed E-state index contributed by atoms with van der Waals surface area (Å²) in [6.45, 7) is 1.87. The van der Waals surface area contributed by atoms with Crippen molar-refractivity contribution >= 4 is 27.2 Å². The largest absolute Gasteiger partial charge is 0.389 e. The summed E-state index contributed by atoms with van der Waals surface area (Å²) in [5.74, 6) is 0.546. The molecule has 0 unspecified atom stereocenters. The van der Waals surface area contributed by atoms with Crippen LogP contribution in [0, 0.1) is 6.92 Å². The van der Waals surface area contributed by atoms with Gasteiger partial charge in [0.25, 0.3) is 0 Å². The average molecular weight is 310 g/mol. The molecule has 0 atom stereocenters. The molecule has 0 aliphatic heterocycles. The summed E-state index contributed by atoms with van der Waals surface area (Å²) in [7, 11) is -3.60. The van der Waals surface area contributed by atoms with E-state index >= 15 is 0 Å². The summed E-state index contributed by atoms with van der Waals surface area (Å²) in [4.78, 5) is 7.19. The highest BCUT2D eigenvalue weighted by atomic mass is 32.2. The summed E-state index contributed by atoms with van der Waals surface area (Å²) >= 11 is 4.89. The Bertz CT molecular complexity index is 724. The number of nitrogens with one attached hydrogen (secondary N) is 2. The van der Waals surface area contributed by atoms with Gasteiger partial charge in [-0.15, -0.1) is 0 Å². The van der Waals surface area contributed by atoms with E-state index in [1.807, 2.05) is 0 Å². The highest BCUT2D eigenvalue weighted by molar-refractivity contribution is 7.89. The van der Waals surface area contributed by atoms with Crippen molar-refractivity contribution in [2.45, 2.75) is 18.4 Å². The van der Waals surface area contributed by atoms with Crippen molar-refractivity contribution in [2.24, 2.45) is 5.73 Å². The monoisotopic (exact) mass is 310 g/mol. The van der Waals surface area contributed by atoms with Crippen LogP contribution >= 0.6 is 12.2 Å². The quantitative estimate of drug-likeness (QED) is 0.710. The van der Waals surface area contributed by atoms with Gasteiger partial charge in [-0.3, -0.25) is 0 Å². The number of nitrogens with zero attached hydrogens (tertiary/aromatic N) is 1. The van der Waals surface area contributed by atoms with Crippen LogP contribution in [0.25, 0.3) is 0 Å². The molecule has 1 aromatic carbocycles. The van der Waals surface area contributed by atoms with Gasteiger partial charge in [0.2, 0.25) is 10.0 Å². The number of hydrogen-bond acceptors (Lipinski definition) is 4. The molecule has 0 aliphatic rings. The second kappa shape index (κ2) is 5.70. The van der Waals surface area contributed by atoms with Gasteiger partial charge in [0.15, 0.2) is 0 Å². The fourth-order valence-corrected chi connectivity index (χ4v) is 3.02. The van der Waals surface area contributed by atoms with Gasteiger partial charge < -0.3 is 10.7 Å². The van der Waals surface area contributed by atoms with Crippen LogP contribution in [0.1, 0.15) is 17.0 Å². The Morgan fingerprint density at radius 2 is 2.25 bits per heavy atom. The second-order valence-electron chi connectivity index (χ2n) is 4.20. The molecule has 0 saturated carbocycles. The minimum Gasteiger partial charge on any atom is -0.389 e. The van der Waals surface area contributed by atoms with Crippen molar-refractivity contribution in [3.63, 3.8) is 0 Å². The van der Waals surface area contributed by atoms with Crippen LogP contribution in [0.15, 0.2) is 35.5 Å². The summed E-state index contributed by atoms with van der Waals surface area (Å²) in [6, 6.07) is 4.63. The molecule has 1 heterocycles. The number of aromatic nitrogens is 2. The fraction of sp³-hybridized carbons (Fsp3) is 0.167. The number of imidazole rings is 1. The van der Waals surface area contributed by atoms with Gasteiger partial charge in [0, 0.05) is 18.0 Å². The van der Waals surface area contributed by atoms with Crippen molar-refractivity contribution in [1.29, 1.82) is 0 Å². The lowest BCUT2D eigenvalue weighted by atomic mass is 10.1. The van der Waals surface area contributed by atoms with E-state index in [4.69, 9.17) is 18.0 Å². The Morgan fingerprint density at radius 1 is 1.50 bits per heavy atom. The van der Waals surface area contributed by atoms with Crippen LogP contribution < -0.4 is 10.5 Å². The van der Waals surface area contributed by atoms with Crippen molar-refractivity contribution < 1.29 is 8.42 Å². The number of sulfonamides is 1. The lowest BCUT2D eigenvalue weighted by molar-refractivity contribution is 0.579. The summed E-state index contributed by atoms with van der Waals surface area (Å²) < 4.78 is 26.8. The van der Waals surface area contributed by atoms with Crippen LogP contribution in [0.3, 0.4) is 0 Å². The minimum atomic E-state index is -3.60. The lowest BCUT2D eigenvalue weighted by Crippen LogP contribution is -2.24. The number of benzene rings is 1. The first kappa shape index (κ1) is 14.6. The second-order valence-corrected chi connectivity index (χ2v) is 6.41. The van der Waals surface area contributed by atoms with E-state index in [1.54, 1.807) is 31.5 Å². The fourth-order valence-electron chi connectivity index (χ4n) is 1.72. The number of thiocarbonyl (C=S) groups is 1. The van der Waals surface area contributed by atoms with E-state index in [0.717, 1.165) is 5.56 Å². The molecule has 0 fully saturated rings. The number of aryl methyl sites for hydroxylation is 1. The third-order valence-corrected chi connectivity index (χ3v) is 4.38. The van der Waals surface area contributed by atoms with Gasteiger partial charge in [-0.2, -0.15) is 0 Å². The standard InChI is InChI=1S/C12H14N4O2S2/c1-8-6-9(2-3-10(8)12(13)19)20(17,18)16-7-11-14-4-5-15-11/h2-6,16H,7H2,1H3,(H2,13,19)(H,14,15). The predicted octanol–water partition coefficient (Wildman–Crippen LogP) is 0.831. The first-order valence-corrected chi connectivity index (χ1v) is 7.67. The molecule has 106 valence electrons. The van der Waals surface area contributed by atoms with Crippen LogP contribution in [-0.2, 0) is 16.6 Å². The Balaban J connectivity index is 2.21. The van der Waals surface area contributed by atoms with E-state index in [2.05, 4.69) is 14.7 Å². The molecule has 4 N–H and O–H groups in total. The van der Waals surface area contributed by atoms with E-state index in [-0.39, 0.29) is 16.4 Å². The minimum absolute atomic E-state index is 0.103. The molecule has 0 saturated heterocycles. The molecule has 6 nitrogen and oxygen atoms in total. The highest BCUT2D eigenvalue weighted by Crippen LogP contribution is 2.15. The van der Waals surface area contributed by atoms with Crippen molar-refractivity contribution in [3.05, 3.63) is 47.5 Å². The molecule has 20 heavy (non-hydrogen) atoms. The molecular formula is C12H14N4O2S2. The Labute approximate surface area is 122 Å². The molecule has 1 aromatic heterocycles. The normalized spacial score (nSPS) is 11.4. The molecule has 0 bridgehead atoms. The van der Waals surface area contributed by atoms with Crippen molar-refractivity contribution in [1.82, 2.24) is 14.7 Å². The zero-order valence-electron chi connectivity index (χ0n) is 10.8. The molecule has 0 radical (unpaired) electrons. The average Bonchev–Trinajstić information content (AvgIpc) is 2.89. The van der Waals surface area contributed by atoms with Gasteiger partial charge in [0.1, 0.15) is 10.8 Å². The van der Waals surface area contributed by atoms with E-state index in [1.165, 1.54) is 6.07 Å². The number of hydrogen-bond donors (Lipinski definition) is 3. The Hall–Kier alpha value is -1.77. The third-order valence-electron chi connectivity index (χ3n) is 2.76. The number of nitrogens with two attached hydrogens (primary N) is 1. The summed E-state index contributed by atoms with van der Waals surface area (Å²) in [6.07, 6.45) is 3.19. The number of aromatic amines is 1. The molecule has 0 aliphatic carbocycles. The van der Waals surface area contributed by atoms with E-state index in [9.17, 15) is 8.42 Å². The van der Waals surface area contributed by atoms with Gasteiger partial charge in [-0.05, 0) is 24.6 Å².